The van der Waals surface area contributed by atoms with E-state index in [-0.39, 0.29) is 0 Å². The van der Waals surface area contributed by atoms with Crippen LogP contribution in [0.5, 0.6) is 0 Å². The maximum atomic E-state index is 2.58. The fraction of sp³-hybridized carbons (Fsp3) is 0.714. The summed E-state index contributed by atoms with van der Waals surface area (Å²) in [5, 5.41) is 0. The Morgan fingerprint density at radius 2 is 1.74 bits per heavy atom. The summed E-state index contributed by atoms with van der Waals surface area (Å²) in [6, 6.07) is 9.52. The number of likely N-dealkylation sites (tertiary alicyclic amines) is 1. The van der Waals surface area contributed by atoms with Gasteiger partial charge in [-0.1, -0.05) is 38.1 Å². The van der Waals surface area contributed by atoms with Crippen molar-refractivity contribution >= 4 is 0 Å². The number of benzene rings is 1. The Hall–Kier alpha value is -0.860. The van der Waals surface area contributed by atoms with Gasteiger partial charge in [-0.25, -0.2) is 0 Å². The van der Waals surface area contributed by atoms with Crippen molar-refractivity contribution in [1.29, 1.82) is 0 Å². The highest BCUT2D eigenvalue weighted by atomic mass is 15.1. The molecule has 23 heavy (non-hydrogen) atoms. The zero-order valence-electron chi connectivity index (χ0n) is 15.3. The van der Waals surface area contributed by atoms with Crippen LogP contribution in [0.2, 0.25) is 0 Å². The van der Waals surface area contributed by atoms with Gasteiger partial charge < -0.3 is 4.90 Å². The molecule has 0 amide bonds. The van der Waals surface area contributed by atoms with Crippen molar-refractivity contribution in [2.45, 2.75) is 52.0 Å². The molecule has 1 saturated heterocycles. The lowest BCUT2D eigenvalue weighted by Crippen LogP contribution is -2.35. The molecule has 2 fully saturated rings. The molecule has 0 spiro atoms. The van der Waals surface area contributed by atoms with Gasteiger partial charge in [0.25, 0.3) is 0 Å². The topological polar surface area (TPSA) is 6.48 Å². The van der Waals surface area contributed by atoms with E-state index in [1.807, 2.05) is 0 Å². The predicted octanol–water partition coefficient (Wildman–Crippen LogP) is 4.36. The second kappa shape index (κ2) is 7.81. The molecule has 2 nitrogen and oxygen atoms in total. The van der Waals surface area contributed by atoms with E-state index in [2.05, 4.69) is 55.0 Å². The molecule has 0 unspecified atom stereocenters. The summed E-state index contributed by atoms with van der Waals surface area (Å²) < 4.78 is 0. The van der Waals surface area contributed by atoms with Gasteiger partial charge >= 0.3 is 0 Å². The van der Waals surface area contributed by atoms with Crippen LogP contribution in [-0.2, 0) is 6.54 Å². The molecule has 1 aliphatic carbocycles. The first-order chi connectivity index (χ1) is 11.1. The molecule has 1 aliphatic heterocycles. The van der Waals surface area contributed by atoms with Crippen molar-refractivity contribution in [2.75, 3.05) is 33.2 Å². The van der Waals surface area contributed by atoms with E-state index in [1.165, 1.54) is 57.4 Å². The van der Waals surface area contributed by atoms with Crippen LogP contribution in [0.15, 0.2) is 24.3 Å². The Morgan fingerprint density at radius 3 is 2.35 bits per heavy atom. The van der Waals surface area contributed by atoms with Crippen LogP contribution >= 0.6 is 0 Å². The number of nitrogens with zero attached hydrogens (tertiary/aromatic N) is 2. The van der Waals surface area contributed by atoms with Gasteiger partial charge in [0.2, 0.25) is 0 Å². The van der Waals surface area contributed by atoms with Gasteiger partial charge in [0, 0.05) is 19.6 Å². The average Bonchev–Trinajstić information content (AvgIpc) is 2.96. The number of rotatable bonds is 7. The molecule has 3 rings (SSSR count). The van der Waals surface area contributed by atoms with E-state index in [4.69, 9.17) is 0 Å². The van der Waals surface area contributed by atoms with Crippen LogP contribution in [-0.4, -0.2) is 43.0 Å². The minimum Gasteiger partial charge on any atom is -0.306 e. The van der Waals surface area contributed by atoms with Crippen molar-refractivity contribution in [3.63, 3.8) is 0 Å². The fourth-order valence-corrected chi connectivity index (χ4v) is 4.39. The standard InChI is InChI=1S/C21H34N2/c1-17(2)14-22(3)15-19-12-21(13-19)20-8-6-18(7-9-20)16-23-10-4-5-11-23/h6-9,17,19,21H,4-5,10-16H2,1-3H3. The minimum absolute atomic E-state index is 0.777. The lowest BCUT2D eigenvalue weighted by atomic mass is 9.71. The summed E-state index contributed by atoms with van der Waals surface area (Å²) in [6.45, 7) is 10.8. The fourth-order valence-electron chi connectivity index (χ4n) is 4.39. The van der Waals surface area contributed by atoms with Crippen LogP contribution in [0.1, 0.15) is 56.6 Å². The predicted molar refractivity (Wildman–Crippen MR) is 98.8 cm³/mol. The molecule has 1 saturated carbocycles. The largest absolute Gasteiger partial charge is 0.306 e. The molecule has 1 aromatic carbocycles. The molecule has 1 heterocycles. The van der Waals surface area contributed by atoms with Crippen molar-refractivity contribution in [2.24, 2.45) is 11.8 Å². The molecular weight excluding hydrogens is 280 g/mol. The highest BCUT2D eigenvalue weighted by molar-refractivity contribution is 5.27. The van der Waals surface area contributed by atoms with Crippen molar-refractivity contribution in [3.8, 4) is 0 Å². The Balaban J connectivity index is 1.42. The van der Waals surface area contributed by atoms with E-state index in [9.17, 15) is 0 Å². The highest BCUT2D eigenvalue weighted by Crippen LogP contribution is 2.41. The number of hydrogen-bond donors (Lipinski definition) is 0. The van der Waals surface area contributed by atoms with Gasteiger partial charge in [-0.05, 0) is 74.7 Å². The van der Waals surface area contributed by atoms with Crippen LogP contribution in [0.25, 0.3) is 0 Å². The minimum atomic E-state index is 0.777. The first-order valence-corrected chi connectivity index (χ1v) is 9.60. The van der Waals surface area contributed by atoms with Gasteiger partial charge in [-0.2, -0.15) is 0 Å². The third-order valence-electron chi connectivity index (χ3n) is 5.54. The van der Waals surface area contributed by atoms with Gasteiger partial charge in [0.1, 0.15) is 0 Å². The maximum absolute atomic E-state index is 2.58. The molecule has 0 atom stereocenters. The molecule has 2 heteroatoms. The smallest absolute Gasteiger partial charge is 0.0233 e. The second-order valence-corrected chi connectivity index (χ2v) is 8.37. The van der Waals surface area contributed by atoms with Crippen molar-refractivity contribution in [1.82, 2.24) is 9.80 Å². The van der Waals surface area contributed by atoms with Crippen LogP contribution in [0, 0.1) is 11.8 Å². The lowest BCUT2D eigenvalue weighted by molar-refractivity contribution is 0.170. The second-order valence-electron chi connectivity index (χ2n) is 8.37. The monoisotopic (exact) mass is 314 g/mol. The SMILES string of the molecule is CC(C)CN(C)CC1CC(c2ccc(CN3CCCC3)cc2)C1. The van der Waals surface area contributed by atoms with E-state index in [0.717, 1.165) is 24.3 Å². The summed E-state index contributed by atoms with van der Waals surface area (Å²) in [5.41, 5.74) is 3.06. The molecular formula is C21H34N2. The molecule has 0 aromatic heterocycles. The van der Waals surface area contributed by atoms with Crippen LogP contribution in [0.3, 0.4) is 0 Å². The van der Waals surface area contributed by atoms with E-state index in [0.29, 0.717) is 0 Å². The van der Waals surface area contributed by atoms with E-state index in [1.54, 1.807) is 5.56 Å². The van der Waals surface area contributed by atoms with Crippen LogP contribution < -0.4 is 0 Å². The summed E-state index contributed by atoms with van der Waals surface area (Å²) in [4.78, 5) is 5.10. The third-order valence-corrected chi connectivity index (χ3v) is 5.54. The lowest BCUT2D eigenvalue weighted by Gasteiger charge is -2.38. The van der Waals surface area contributed by atoms with Crippen molar-refractivity contribution < 1.29 is 0 Å². The molecule has 0 N–H and O–H groups in total. The molecule has 0 bridgehead atoms. The molecule has 128 valence electrons. The van der Waals surface area contributed by atoms with E-state index >= 15 is 0 Å². The summed E-state index contributed by atoms with van der Waals surface area (Å²) in [5.74, 6) is 2.50. The third kappa shape index (κ3) is 4.81. The summed E-state index contributed by atoms with van der Waals surface area (Å²) in [6.07, 6.45) is 5.53. The van der Waals surface area contributed by atoms with Gasteiger partial charge in [0.05, 0.1) is 0 Å². The molecule has 1 aromatic rings. The highest BCUT2D eigenvalue weighted by Gasteiger charge is 2.30. The van der Waals surface area contributed by atoms with E-state index < -0.39 is 0 Å². The summed E-state index contributed by atoms with van der Waals surface area (Å²) in [7, 11) is 2.28. The Labute approximate surface area is 142 Å². The molecule has 0 radical (unpaired) electrons. The average molecular weight is 315 g/mol. The summed E-state index contributed by atoms with van der Waals surface area (Å²) >= 11 is 0. The van der Waals surface area contributed by atoms with Crippen molar-refractivity contribution in [3.05, 3.63) is 35.4 Å². The van der Waals surface area contributed by atoms with Gasteiger partial charge in [-0.15, -0.1) is 0 Å². The Bertz CT molecular complexity index is 467. The quantitative estimate of drug-likeness (QED) is 0.737. The number of hydrogen-bond acceptors (Lipinski definition) is 2. The molecule has 2 aliphatic rings. The first kappa shape index (κ1) is 17.0. The Morgan fingerprint density at radius 1 is 1.09 bits per heavy atom. The first-order valence-electron chi connectivity index (χ1n) is 9.60. The normalized spacial score (nSPS) is 25.3. The zero-order valence-corrected chi connectivity index (χ0v) is 15.3. The van der Waals surface area contributed by atoms with Gasteiger partial charge in [-0.3, -0.25) is 4.90 Å². The zero-order chi connectivity index (χ0) is 16.2. The van der Waals surface area contributed by atoms with Crippen LogP contribution in [0.4, 0.5) is 0 Å². The maximum Gasteiger partial charge on any atom is 0.0233 e. The Kier molecular flexibility index (Phi) is 5.76. The van der Waals surface area contributed by atoms with Gasteiger partial charge in [0.15, 0.2) is 0 Å².